The van der Waals surface area contributed by atoms with Crippen molar-refractivity contribution < 1.29 is 32.2 Å². The molecule has 0 bridgehead atoms. The molecule has 2 aromatic carbocycles. The van der Waals surface area contributed by atoms with Crippen molar-refractivity contribution in [1.82, 2.24) is 0 Å². The maximum Gasteiger partial charge on any atom is 0.391 e. The summed E-state index contributed by atoms with van der Waals surface area (Å²) >= 11 is 1.95. The van der Waals surface area contributed by atoms with E-state index >= 15 is 0 Å². The van der Waals surface area contributed by atoms with E-state index in [1.165, 1.54) is 24.3 Å². The summed E-state index contributed by atoms with van der Waals surface area (Å²) in [5, 5.41) is 2.70. The molecule has 1 atom stereocenters. The zero-order valence-electron chi connectivity index (χ0n) is 15.5. The molecule has 2 aromatic rings. The molecular formula is C20H19F3INO4. The van der Waals surface area contributed by atoms with Crippen LogP contribution in [-0.4, -0.2) is 37.4 Å². The number of esters is 2. The minimum atomic E-state index is -4.45. The van der Waals surface area contributed by atoms with E-state index in [1.54, 1.807) is 31.2 Å². The highest BCUT2D eigenvalue weighted by molar-refractivity contribution is 14.1. The molecule has 0 saturated heterocycles. The minimum Gasteiger partial charge on any atom is -0.462 e. The molecule has 0 aromatic heterocycles. The third-order valence-corrected chi connectivity index (χ3v) is 4.69. The quantitative estimate of drug-likeness (QED) is 0.389. The highest BCUT2D eigenvalue weighted by atomic mass is 127. The van der Waals surface area contributed by atoms with Gasteiger partial charge in [-0.25, -0.2) is 9.59 Å². The first-order valence-corrected chi connectivity index (χ1v) is 9.79. The maximum absolute atomic E-state index is 12.9. The van der Waals surface area contributed by atoms with Gasteiger partial charge in [0.05, 0.1) is 30.2 Å². The summed E-state index contributed by atoms with van der Waals surface area (Å²) in [4.78, 5) is 23.8. The topological polar surface area (TPSA) is 64.6 Å². The molecule has 0 aliphatic carbocycles. The van der Waals surface area contributed by atoms with Gasteiger partial charge in [-0.05, 0) is 65.9 Å². The van der Waals surface area contributed by atoms with Crippen molar-refractivity contribution in [3.05, 3.63) is 63.2 Å². The monoisotopic (exact) mass is 521 g/mol. The molecular weight excluding hydrogens is 502 g/mol. The number of ether oxygens (including phenoxy) is 2. The fraction of sp³-hybridized carbons (Fsp3) is 0.300. The van der Waals surface area contributed by atoms with Gasteiger partial charge in [-0.2, -0.15) is 13.2 Å². The second-order valence-electron chi connectivity index (χ2n) is 6.04. The summed E-state index contributed by atoms with van der Waals surface area (Å²) in [6.45, 7) is 1.43. The molecule has 5 nitrogen and oxygen atoms in total. The number of anilines is 1. The molecule has 0 aliphatic rings. The van der Waals surface area contributed by atoms with Gasteiger partial charge in [0.1, 0.15) is 6.61 Å². The predicted octanol–water partition coefficient (Wildman–Crippen LogP) is 5.06. The number of hydrogen-bond acceptors (Lipinski definition) is 5. The van der Waals surface area contributed by atoms with E-state index in [0.717, 1.165) is 0 Å². The average molecular weight is 521 g/mol. The number of halogens is 4. The smallest absolute Gasteiger partial charge is 0.391 e. The number of benzene rings is 2. The largest absolute Gasteiger partial charge is 0.462 e. The SMILES string of the molecule is CCOC(=O)c1ccc(NC(COC(=O)c2ccccc2I)CC(F)(F)F)cc1. The fourth-order valence-electron chi connectivity index (χ4n) is 2.46. The normalized spacial score (nSPS) is 12.2. The zero-order chi connectivity index (χ0) is 21.4. The summed E-state index contributed by atoms with van der Waals surface area (Å²) < 4.78 is 49.4. The van der Waals surface area contributed by atoms with Gasteiger partial charge in [-0.3, -0.25) is 0 Å². The van der Waals surface area contributed by atoms with Crippen molar-refractivity contribution in [2.24, 2.45) is 0 Å². The molecule has 0 aliphatic heterocycles. The summed E-state index contributed by atoms with van der Waals surface area (Å²) in [5.74, 6) is -1.21. The first-order chi connectivity index (χ1) is 13.7. The Kier molecular flexibility index (Phi) is 8.30. The van der Waals surface area contributed by atoms with E-state index in [9.17, 15) is 22.8 Å². The Morgan fingerprint density at radius 2 is 1.69 bits per heavy atom. The number of carbonyl (C=O) groups is 2. The van der Waals surface area contributed by atoms with E-state index in [0.29, 0.717) is 9.26 Å². The van der Waals surface area contributed by atoms with Crippen molar-refractivity contribution in [1.29, 1.82) is 0 Å². The van der Waals surface area contributed by atoms with Gasteiger partial charge < -0.3 is 14.8 Å². The second-order valence-corrected chi connectivity index (χ2v) is 7.20. The molecule has 156 valence electrons. The highest BCUT2D eigenvalue weighted by Crippen LogP contribution is 2.24. The van der Waals surface area contributed by atoms with Crippen LogP contribution in [0.2, 0.25) is 0 Å². The summed E-state index contributed by atoms with van der Waals surface area (Å²) in [6.07, 6.45) is -5.64. The van der Waals surface area contributed by atoms with Crippen molar-refractivity contribution in [3.63, 3.8) is 0 Å². The number of rotatable bonds is 8. The van der Waals surface area contributed by atoms with Crippen molar-refractivity contribution in [2.75, 3.05) is 18.5 Å². The Morgan fingerprint density at radius 1 is 1.03 bits per heavy atom. The van der Waals surface area contributed by atoms with Crippen LogP contribution in [-0.2, 0) is 9.47 Å². The lowest BCUT2D eigenvalue weighted by Crippen LogP contribution is -2.32. The van der Waals surface area contributed by atoms with Gasteiger partial charge in [-0.15, -0.1) is 0 Å². The molecule has 9 heteroatoms. The van der Waals surface area contributed by atoms with Gasteiger partial charge in [-0.1, -0.05) is 12.1 Å². The van der Waals surface area contributed by atoms with E-state index < -0.39 is 37.2 Å². The molecule has 0 radical (unpaired) electrons. The van der Waals surface area contributed by atoms with Crippen LogP contribution in [0, 0.1) is 3.57 Å². The van der Waals surface area contributed by atoms with Crippen LogP contribution in [0.5, 0.6) is 0 Å². The molecule has 0 fully saturated rings. The zero-order valence-corrected chi connectivity index (χ0v) is 17.6. The average Bonchev–Trinajstić information content (AvgIpc) is 2.66. The number of hydrogen-bond donors (Lipinski definition) is 1. The standard InChI is InChI=1S/C20H19F3INO4/c1-2-28-18(26)13-7-9-14(10-8-13)25-15(11-20(21,22)23)12-29-19(27)16-5-3-4-6-17(16)24/h3-10,15,25H,2,11-12H2,1H3. The van der Waals surface area contributed by atoms with Gasteiger partial charge in [0.15, 0.2) is 0 Å². The van der Waals surface area contributed by atoms with Crippen LogP contribution >= 0.6 is 22.6 Å². The van der Waals surface area contributed by atoms with E-state index in [2.05, 4.69) is 5.32 Å². The first-order valence-electron chi connectivity index (χ1n) is 8.71. The van der Waals surface area contributed by atoms with Crippen LogP contribution in [0.25, 0.3) is 0 Å². The minimum absolute atomic E-state index is 0.220. The van der Waals surface area contributed by atoms with Gasteiger partial charge >= 0.3 is 18.1 Å². The van der Waals surface area contributed by atoms with Crippen LogP contribution in [0.15, 0.2) is 48.5 Å². The number of nitrogens with one attached hydrogen (secondary N) is 1. The molecule has 2 rings (SSSR count). The van der Waals surface area contributed by atoms with E-state index in [4.69, 9.17) is 9.47 Å². The Labute approximate surface area is 179 Å². The van der Waals surface area contributed by atoms with Gasteiger partial charge in [0, 0.05) is 9.26 Å². The second kappa shape index (κ2) is 10.5. The van der Waals surface area contributed by atoms with Crippen molar-refractivity contribution >= 4 is 40.2 Å². The molecule has 0 saturated carbocycles. The Hall–Kier alpha value is -2.30. The lowest BCUT2D eigenvalue weighted by molar-refractivity contribution is -0.139. The van der Waals surface area contributed by atoms with Crippen LogP contribution < -0.4 is 5.32 Å². The van der Waals surface area contributed by atoms with Crippen LogP contribution in [0.1, 0.15) is 34.1 Å². The lowest BCUT2D eigenvalue weighted by atomic mass is 10.1. The highest BCUT2D eigenvalue weighted by Gasteiger charge is 2.32. The fourth-order valence-corrected chi connectivity index (χ4v) is 3.07. The van der Waals surface area contributed by atoms with Crippen molar-refractivity contribution in [2.45, 2.75) is 25.6 Å². The van der Waals surface area contributed by atoms with Crippen LogP contribution in [0.3, 0.4) is 0 Å². The predicted molar refractivity (Wildman–Crippen MR) is 110 cm³/mol. The van der Waals surface area contributed by atoms with E-state index in [-0.39, 0.29) is 17.7 Å². The molecule has 1 unspecified atom stereocenters. The van der Waals surface area contributed by atoms with Gasteiger partial charge in [0.25, 0.3) is 0 Å². The van der Waals surface area contributed by atoms with E-state index in [1.807, 2.05) is 22.6 Å². The molecule has 0 spiro atoms. The first kappa shape index (κ1) is 23.0. The Balaban J connectivity index is 2.05. The summed E-state index contributed by atoms with van der Waals surface area (Å²) in [6, 6.07) is 11.3. The maximum atomic E-state index is 12.9. The molecule has 0 heterocycles. The number of carbonyl (C=O) groups excluding carboxylic acids is 2. The third-order valence-electron chi connectivity index (χ3n) is 3.75. The van der Waals surface area contributed by atoms with Gasteiger partial charge in [0.2, 0.25) is 0 Å². The third kappa shape index (κ3) is 7.56. The Morgan fingerprint density at radius 3 is 2.28 bits per heavy atom. The molecule has 29 heavy (non-hydrogen) atoms. The van der Waals surface area contributed by atoms with Crippen LogP contribution in [0.4, 0.5) is 18.9 Å². The molecule has 1 N–H and O–H groups in total. The summed E-state index contributed by atoms with van der Waals surface area (Å²) in [5.41, 5.74) is 0.935. The number of alkyl halides is 3. The lowest BCUT2D eigenvalue weighted by Gasteiger charge is -2.21. The van der Waals surface area contributed by atoms with Crippen molar-refractivity contribution in [3.8, 4) is 0 Å². The summed E-state index contributed by atoms with van der Waals surface area (Å²) in [7, 11) is 0. The molecule has 0 amide bonds. The Bertz CT molecular complexity index is 840.